The minimum atomic E-state index is -0.262. The number of rotatable bonds is 7. The van der Waals surface area contributed by atoms with Crippen molar-refractivity contribution in [2.24, 2.45) is 0 Å². The molecule has 1 atom stereocenters. The second-order valence-corrected chi connectivity index (χ2v) is 5.67. The van der Waals surface area contributed by atoms with E-state index >= 15 is 0 Å². The maximum atomic E-state index is 11.8. The number of carbonyl (C=O) groups is 1. The average Bonchev–Trinajstić information content (AvgIpc) is 2.68. The van der Waals surface area contributed by atoms with Gasteiger partial charge < -0.3 is 9.47 Å². The molecule has 0 N–H and O–H groups in total. The van der Waals surface area contributed by atoms with E-state index in [1.54, 1.807) is 31.2 Å². The van der Waals surface area contributed by atoms with E-state index in [2.05, 4.69) is 12.1 Å². The lowest BCUT2D eigenvalue weighted by atomic mass is 9.85. The van der Waals surface area contributed by atoms with Crippen LogP contribution in [0, 0.1) is 22.7 Å². The average molecular weight is 348 g/mol. The van der Waals surface area contributed by atoms with Crippen LogP contribution in [0.1, 0.15) is 47.9 Å². The molecule has 2 aromatic rings. The molecule has 0 amide bonds. The summed E-state index contributed by atoms with van der Waals surface area (Å²) in [6.45, 7) is 2.11. The Morgan fingerprint density at radius 2 is 1.85 bits per heavy atom. The Balaban J connectivity index is 2.45. The number of benzene rings is 2. The minimum Gasteiger partial charge on any atom is -0.495 e. The number of esters is 1. The van der Waals surface area contributed by atoms with E-state index in [9.17, 15) is 10.1 Å². The summed E-state index contributed by atoms with van der Waals surface area (Å²) in [5, 5.41) is 18.3. The van der Waals surface area contributed by atoms with Gasteiger partial charge in [0.25, 0.3) is 0 Å². The summed E-state index contributed by atoms with van der Waals surface area (Å²) in [7, 11) is 1.53. The van der Waals surface area contributed by atoms with Crippen LogP contribution in [0.4, 0.5) is 0 Å². The van der Waals surface area contributed by atoms with Crippen LogP contribution >= 0.6 is 0 Å². The fourth-order valence-corrected chi connectivity index (χ4v) is 2.93. The molecule has 5 nitrogen and oxygen atoms in total. The zero-order valence-corrected chi connectivity index (χ0v) is 14.9. The zero-order chi connectivity index (χ0) is 18.9. The molecule has 0 aliphatic carbocycles. The molecule has 0 spiro atoms. The van der Waals surface area contributed by atoms with E-state index in [0.29, 0.717) is 29.9 Å². The lowest BCUT2D eigenvalue weighted by Gasteiger charge is -2.21. The topological polar surface area (TPSA) is 83.1 Å². The Morgan fingerprint density at radius 1 is 1.12 bits per heavy atom. The molecule has 0 aliphatic heterocycles. The van der Waals surface area contributed by atoms with Gasteiger partial charge in [-0.05, 0) is 37.1 Å². The highest BCUT2D eigenvalue weighted by atomic mass is 16.5. The summed E-state index contributed by atoms with van der Waals surface area (Å²) in [5.74, 6) is 0.0881. The largest absolute Gasteiger partial charge is 0.495 e. The fourth-order valence-electron chi connectivity index (χ4n) is 2.93. The number of hydrogen-bond donors (Lipinski definition) is 0. The van der Waals surface area contributed by atoms with Gasteiger partial charge in [-0.2, -0.15) is 10.5 Å². The minimum absolute atomic E-state index is 0.157. The van der Waals surface area contributed by atoms with Crippen molar-refractivity contribution in [1.82, 2.24) is 0 Å². The monoisotopic (exact) mass is 348 g/mol. The zero-order valence-electron chi connectivity index (χ0n) is 14.9. The highest BCUT2D eigenvalue weighted by Gasteiger charge is 2.22. The molecule has 132 valence electrons. The predicted octanol–water partition coefficient (Wildman–Crippen LogP) is 3.91. The van der Waals surface area contributed by atoms with E-state index in [4.69, 9.17) is 14.7 Å². The van der Waals surface area contributed by atoms with Gasteiger partial charge in [-0.15, -0.1) is 0 Å². The first-order chi connectivity index (χ1) is 12.6. The van der Waals surface area contributed by atoms with Gasteiger partial charge in [-0.25, -0.2) is 0 Å². The second-order valence-electron chi connectivity index (χ2n) is 5.67. The Hall–Kier alpha value is -3.31. The van der Waals surface area contributed by atoms with Gasteiger partial charge in [0, 0.05) is 17.9 Å². The Labute approximate surface area is 153 Å². The summed E-state index contributed by atoms with van der Waals surface area (Å²) >= 11 is 0. The molecule has 0 aromatic heterocycles. The third-order valence-corrected chi connectivity index (χ3v) is 4.13. The van der Waals surface area contributed by atoms with Crippen LogP contribution in [-0.4, -0.2) is 19.7 Å². The number of hydrogen-bond acceptors (Lipinski definition) is 5. The summed E-state index contributed by atoms with van der Waals surface area (Å²) in [6.07, 6.45) is 0.758. The van der Waals surface area contributed by atoms with Crippen molar-refractivity contribution in [3.8, 4) is 17.9 Å². The van der Waals surface area contributed by atoms with Crippen LogP contribution in [-0.2, 0) is 9.53 Å². The molecule has 0 saturated carbocycles. The van der Waals surface area contributed by atoms with E-state index in [0.717, 1.165) is 11.1 Å². The maximum absolute atomic E-state index is 11.8. The van der Waals surface area contributed by atoms with E-state index in [-0.39, 0.29) is 18.3 Å². The summed E-state index contributed by atoms with van der Waals surface area (Å²) in [6, 6.07) is 16.9. The van der Waals surface area contributed by atoms with Gasteiger partial charge in [-0.1, -0.05) is 24.3 Å². The first kappa shape index (κ1) is 19.0. The highest BCUT2D eigenvalue weighted by Crippen LogP contribution is 2.37. The molecule has 0 bridgehead atoms. The van der Waals surface area contributed by atoms with E-state index in [1.165, 1.54) is 7.11 Å². The first-order valence-corrected chi connectivity index (χ1v) is 8.37. The van der Waals surface area contributed by atoms with Crippen LogP contribution in [0.3, 0.4) is 0 Å². The SMILES string of the molecule is CCOC(=O)CCC(c1ccc(C#N)cc1)c1cccc(C#N)c1OC. The van der Waals surface area contributed by atoms with Crippen molar-refractivity contribution < 1.29 is 14.3 Å². The standard InChI is InChI=1S/C21H20N2O3/c1-3-26-20(24)12-11-18(16-9-7-15(13-22)8-10-16)19-6-4-5-17(14-23)21(19)25-2/h4-10,18H,3,11-12H2,1-2H3. The normalized spacial score (nSPS) is 11.1. The third-order valence-electron chi connectivity index (χ3n) is 4.13. The Kier molecular flexibility index (Phi) is 6.76. The van der Waals surface area contributed by atoms with Crippen molar-refractivity contribution in [3.05, 3.63) is 64.7 Å². The third kappa shape index (κ3) is 4.40. The van der Waals surface area contributed by atoms with Crippen molar-refractivity contribution >= 4 is 5.97 Å². The van der Waals surface area contributed by atoms with Crippen LogP contribution in [0.25, 0.3) is 0 Å². The molecule has 5 heteroatoms. The quantitative estimate of drug-likeness (QED) is 0.708. The first-order valence-electron chi connectivity index (χ1n) is 8.37. The summed E-state index contributed by atoms with van der Waals surface area (Å²) < 4.78 is 10.5. The second kappa shape index (κ2) is 9.25. The van der Waals surface area contributed by atoms with Crippen LogP contribution in [0.2, 0.25) is 0 Å². The molecule has 0 radical (unpaired) electrons. The van der Waals surface area contributed by atoms with Gasteiger partial charge in [0.15, 0.2) is 0 Å². The summed E-state index contributed by atoms with van der Waals surface area (Å²) in [5.41, 5.74) is 2.79. The van der Waals surface area contributed by atoms with Gasteiger partial charge in [0.2, 0.25) is 0 Å². The fraction of sp³-hybridized carbons (Fsp3) is 0.286. The Bertz CT molecular complexity index is 845. The molecular formula is C21H20N2O3. The number of nitriles is 2. The van der Waals surface area contributed by atoms with Crippen LogP contribution in [0.5, 0.6) is 5.75 Å². The van der Waals surface area contributed by atoms with Gasteiger partial charge in [-0.3, -0.25) is 4.79 Å². The van der Waals surface area contributed by atoms with Crippen LogP contribution in [0.15, 0.2) is 42.5 Å². The molecule has 0 saturated heterocycles. The molecule has 2 rings (SSSR count). The van der Waals surface area contributed by atoms with Gasteiger partial charge in [0.05, 0.1) is 30.9 Å². The number of ether oxygens (including phenoxy) is 2. The van der Waals surface area contributed by atoms with Crippen LogP contribution < -0.4 is 4.74 Å². The van der Waals surface area contributed by atoms with Gasteiger partial charge in [0.1, 0.15) is 11.8 Å². The smallest absolute Gasteiger partial charge is 0.305 e. The molecule has 0 fully saturated rings. The lowest BCUT2D eigenvalue weighted by molar-refractivity contribution is -0.143. The number of nitrogens with zero attached hydrogens (tertiary/aromatic N) is 2. The maximum Gasteiger partial charge on any atom is 0.305 e. The summed E-state index contributed by atoms with van der Waals surface area (Å²) in [4.78, 5) is 11.8. The van der Waals surface area contributed by atoms with E-state index < -0.39 is 0 Å². The number of carbonyl (C=O) groups excluding carboxylic acids is 1. The van der Waals surface area contributed by atoms with E-state index in [1.807, 2.05) is 18.2 Å². The highest BCUT2D eigenvalue weighted by molar-refractivity contribution is 5.69. The van der Waals surface area contributed by atoms with Crippen molar-refractivity contribution in [2.45, 2.75) is 25.7 Å². The predicted molar refractivity (Wildman–Crippen MR) is 96.6 cm³/mol. The van der Waals surface area contributed by atoms with Gasteiger partial charge >= 0.3 is 5.97 Å². The molecule has 0 aliphatic rings. The molecule has 26 heavy (non-hydrogen) atoms. The number of methoxy groups -OCH3 is 1. The molecular weight excluding hydrogens is 328 g/mol. The van der Waals surface area contributed by atoms with Crippen molar-refractivity contribution in [3.63, 3.8) is 0 Å². The lowest BCUT2D eigenvalue weighted by Crippen LogP contribution is -2.10. The van der Waals surface area contributed by atoms with Crippen molar-refractivity contribution in [2.75, 3.05) is 13.7 Å². The molecule has 0 heterocycles. The molecule has 2 aromatic carbocycles. The van der Waals surface area contributed by atoms with Crippen molar-refractivity contribution in [1.29, 1.82) is 10.5 Å². The Morgan fingerprint density at radius 3 is 2.42 bits per heavy atom. The molecule has 1 unspecified atom stereocenters. The number of para-hydroxylation sites is 1.